The van der Waals surface area contributed by atoms with Crippen LogP contribution in [0, 0.1) is 0 Å². The number of rotatable bonds is 9. The van der Waals surface area contributed by atoms with Gasteiger partial charge < -0.3 is 9.47 Å². The van der Waals surface area contributed by atoms with Crippen molar-refractivity contribution in [2.24, 2.45) is 0 Å². The first-order chi connectivity index (χ1) is 14.0. The van der Waals surface area contributed by atoms with Crippen molar-refractivity contribution in [3.8, 4) is 11.5 Å². The molecule has 1 aliphatic rings. The number of benzene rings is 2. The van der Waals surface area contributed by atoms with E-state index in [0.717, 1.165) is 25.1 Å². The van der Waals surface area contributed by atoms with Crippen LogP contribution in [0.5, 0.6) is 11.5 Å². The molecule has 1 heterocycles. The molecule has 2 aromatic rings. The van der Waals surface area contributed by atoms with E-state index in [1.54, 1.807) is 35.7 Å². The van der Waals surface area contributed by atoms with Gasteiger partial charge in [0, 0.05) is 32.7 Å². The van der Waals surface area contributed by atoms with E-state index < -0.39 is 10.0 Å². The minimum atomic E-state index is -3.47. The summed E-state index contributed by atoms with van der Waals surface area (Å²) in [5.41, 5.74) is 1.20. The maximum Gasteiger partial charge on any atom is 0.243 e. The van der Waals surface area contributed by atoms with Crippen LogP contribution in [0.25, 0.3) is 0 Å². The third-order valence-corrected chi connectivity index (χ3v) is 7.04. The van der Waals surface area contributed by atoms with Crippen LogP contribution in [0.1, 0.15) is 25.3 Å². The quantitative estimate of drug-likeness (QED) is 0.585. The third-order valence-electron chi connectivity index (χ3n) is 5.12. The smallest absolute Gasteiger partial charge is 0.243 e. The van der Waals surface area contributed by atoms with E-state index in [1.807, 2.05) is 24.3 Å². The number of piperazine rings is 1. The first kappa shape index (κ1) is 21.6. The number of methoxy groups -OCH3 is 1. The van der Waals surface area contributed by atoms with Gasteiger partial charge in [0.25, 0.3) is 0 Å². The third kappa shape index (κ3) is 5.72. The first-order valence-corrected chi connectivity index (χ1v) is 11.5. The molecule has 2 aromatic carbocycles. The normalized spacial score (nSPS) is 15.9. The molecule has 1 fully saturated rings. The molecule has 29 heavy (non-hydrogen) atoms. The Morgan fingerprint density at radius 2 is 1.52 bits per heavy atom. The summed E-state index contributed by atoms with van der Waals surface area (Å²) in [6.45, 7) is 5.98. The van der Waals surface area contributed by atoms with E-state index >= 15 is 0 Å². The standard InChI is InChI=1S/C22H30N2O4S/c1-3-4-17-28-21-9-11-22(12-10-21)29(25,26)24-15-13-23(14-16-24)18-19-5-7-20(27-2)8-6-19/h5-12H,3-4,13-18H2,1-2H3. The lowest BCUT2D eigenvalue weighted by Crippen LogP contribution is -2.48. The second-order valence-corrected chi connectivity index (χ2v) is 9.14. The maximum atomic E-state index is 12.9. The second-order valence-electron chi connectivity index (χ2n) is 7.20. The first-order valence-electron chi connectivity index (χ1n) is 10.1. The van der Waals surface area contributed by atoms with Crippen molar-refractivity contribution in [1.29, 1.82) is 0 Å². The summed E-state index contributed by atoms with van der Waals surface area (Å²) < 4.78 is 38.3. The lowest BCUT2D eigenvalue weighted by Gasteiger charge is -2.34. The van der Waals surface area contributed by atoms with Crippen molar-refractivity contribution < 1.29 is 17.9 Å². The predicted molar refractivity (Wildman–Crippen MR) is 114 cm³/mol. The van der Waals surface area contributed by atoms with Crippen LogP contribution < -0.4 is 9.47 Å². The monoisotopic (exact) mass is 418 g/mol. The summed E-state index contributed by atoms with van der Waals surface area (Å²) in [5.74, 6) is 1.55. The molecule has 6 nitrogen and oxygen atoms in total. The average molecular weight is 419 g/mol. The molecule has 0 aliphatic carbocycles. The minimum Gasteiger partial charge on any atom is -0.497 e. The molecule has 0 amide bonds. The highest BCUT2D eigenvalue weighted by Crippen LogP contribution is 2.22. The predicted octanol–water partition coefficient (Wildman–Crippen LogP) is 3.38. The summed E-state index contributed by atoms with van der Waals surface area (Å²) >= 11 is 0. The van der Waals surface area contributed by atoms with Gasteiger partial charge in [0.05, 0.1) is 18.6 Å². The van der Waals surface area contributed by atoms with Crippen LogP contribution >= 0.6 is 0 Å². The van der Waals surface area contributed by atoms with Crippen molar-refractivity contribution in [1.82, 2.24) is 9.21 Å². The number of hydrogen-bond donors (Lipinski definition) is 0. The van der Waals surface area contributed by atoms with E-state index in [2.05, 4.69) is 11.8 Å². The largest absolute Gasteiger partial charge is 0.497 e. The Morgan fingerprint density at radius 3 is 2.10 bits per heavy atom. The van der Waals surface area contributed by atoms with Gasteiger partial charge in [0.1, 0.15) is 11.5 Å². The zero-order valence-electron chi connectivity index (χ0n) is 17.2. The van der Waals surface area contributed by atoms with E-state index in [0.29, 0.717) is 43.4 Å². The Kier molecular flexibility index (Phi) is 7.52. The Morgan fingerprint density at radius 1 is 0.897 bits per heavy atom. The molecule has 0 atom stereocenters. The summed E-state index contributed by atoms with van der Waals surface area (Å²) in [5, 5.41) is 0. The van der Waals surface area contributed by atoms with Crippen LogP contribution in [0.4, 0.5) is 0 Å². The Labute approximate surface area is 174 Å². The van der Waals surface area contributed by atoms with Crippen molar-refractivity contribution in [2.75, 3.05) is 39.9 Å². The van der Waals surface area contributed by atoms with Gasteiger partial charge in [-0.15, -0.1) is 0 Å². The molecule has 0 aromatic heterocycles. The number of nitrogens with zero attached hydrogens (tertiary/aromatic N) is 2. The van der Waals surface area contributed by atoms with Gasteiger partial charge in [-0.05, 0) is 48.4 Å². The van der Waals surface area contributed by atoms with Crippen LogP contribution in [0.2, 0.25) is 0 Å². The highest BCUT2D eigenvalue weighted by atomic mass is 32.2. The average Bonchev–Trinajstić information content (AvgIpc) is 2.75. The Hall–Kier alpha value is -2.09. The van der Waals surface area contributed by atoms with Crippen molar-refractivity contribution in [2.45, 2.75) is 31.2 Å². The molecule has 158 valence electrons. The van der Waals surface area contributed by atoms with Gasteiger partial charge >= 0.3 is 0 Å². The van der Waals surface area contributed by atoms with Gasteiger partial charge in [0.2, 0.25) is 10.0 Å². The SMILES string of the molecule is CCCCOc1ccc(S(=O)(=O)N2CCN(Cc3ccc(OC)cc3)CC2)cc1. The van der Waals surface area contributed by atoms with Gasteiger partial charge in [-0.3, -0.25) is 4.90 Å². The number of unbranched alkanes of at least 4 members (excludes halogenated alkanes) is 1. The van der Waals surface area contributed by atoms with E-state index in [4.69, 9.17) is 9.47 Å². The lowest BCUT2D eigenvalue weighted by molar-refractivity contribution is 0.181. The minimum absolute atomic E-state index is 0.323. The van der Waals surface area contributed by atoms with Gasteiger partial charge in [0.15, 0.2) is 0 Å². The molecule has 3 rings (SSSR count). The summed E-state index contributed by atoms with van der Waals surface area (Å²) in [6, 6.07) is 14.8. The molecule has 0 N–H and O–H groups in total. The van der Waals surface area contributed by atoms with Gasteiger partial charge in [-0.1, -0.05) is 25.5 Å². The van der Waals surface area contributed by atoms with E-state index in [1.165, 1.54) is 5.56 Å². The fourth-order valence-electron chi connectivity index (χ4n) is 3.31. The molecule has 0 unspecified atom stereocenters. The zero-order valence-corrected chi connectivity index (χ0v) is 18.0. The second kappa shape index (κ2) is 10.1. The topological polar surface area (TPSA) is 59.1 Å². The lowest BCUT2D eigenvalue weighted by atomic mass is 10.2. The van der Waals surface area contributed by atoms with Crippen molar-refractivity contribution >= 4 is 10.0 Å². The fourth-order valence-corrected chi connectivity index (χ4v) is 4.73. The maximum absolute atomic E-state index is 12.9. The molecule has 0 bridgehead atoms. The van der Waals surface area contributed by atoms with E-state index in [-0.39, 0.29) is 0 Å². The van der Waals surface area contributed by atoms with Crippen LogP contribution in [0.3, 0.4) is 0 Å². The zero-order chi connectivity index (χ0) is 20.7. The van der Waals surface area contributed by atoms with Crippen LogP contribution in [0.15, 0.2) is 53.4 Å². The molecule has 0 saturated carbocycles. The molecular weight excluding hydrogens is 388 g/mol. The Bertz CT molecular complexity index is 859. The van der Waals surface area contributed by atoms with Crippen LogP contribution in [-0.4, -0.2) is 57.5 Å². The van der Waals surface area contributed by atoms with Crippen molar-refractivity contribution in [3.63, 3.8) is 0 Å². The van der Waals surface area contributed by atoms with Crippen LogP contribution in [-0.2, 0) is 16.6 Å². The molecule has 0 spiro atoms. The highest BCUT2D eigenvalue weighted by Gasteiger charge is 2.28. The fraction of sp³-hybridized carbons (Fsp3) is 0.455. The summed E-state index contributed by atoms with van der Waals surface area (Å²) in [7, 11) is -1.82. The number of ether oxygens (including phenoxy) is 2. The number of hydrogen-bond acceptors (Lipinski definition) is 5. The molecule has 7 heteroatoms. The Balaban J connectivity index is 1.54. The summed E-state index contributed by atoms with van der Waals surface area (Å²) in [6.07, 6.45) is 2.05. The molecule has 1 saturated heterocycles. The van der Waals surface area contributed by atoms with Gasteiger partial charge in [-0.25, -0.2) is 8.42 Å². The number of sulfonamides is 1. The van der Waals surface area contributed by atoms with Gasteiger partial charge in [-0.2, -0.15) is 4.31 Å². The highest BCUT2D eigenvalue weighted by molar-refractivity contribution is 7.89. The summed E-state index contributed by atoms with van der Waals surface area (Å²) in [4.78, 5) is 2.60. The molecule has 1 aliphatic heterocycles. The van der Waals surface area contributed by atoms with E-state index in [9.17, 15) is 8.42 Å². The molecular formula is C22H30N2O4S. The van der Waals surface area contributed by atoms with Crippen molar-refractivity contribution in [3.05, 3.63) is 54.1 Å². The molecule has 0 radical (unpaired) electrons.